The molecule has 24 heavy (non-hydrogen) atoms. The van der Waals surface area contributed by atoms with Crippen molar-refractivity contribution in [1.82, 2.24) is 4.31 Å². The van der Waals surface area contributed by atoms with Crippen molar-refractivity contribution in [2.45, 2.75) is 11.4 Å². The molecule has 9 heteroatoms. The zero-order valence-electron chi connectivity index (χ0n) is 12.8. The highest BCUT2D eigenvalue weighted by Gasteiger charge is 2.28. The predicted octanol–water partition coefficient (Wildman–Crippen LogP) is 2.94. The SMILES string of the molecule is COCCN(Cc1cccs1)S(=O)(=O)c1cc(C(=O)O)ccc1Cl. The van der Waals surface area contributed by atoms with E-state index in [9.17, 15) is 13.2 Å². The van der Waals surface area contributed by atoms with Gasteiger partial charge in [-0.1, -0.05) is 17.7 Å². The molecule has 0 aliphatic rings. The number of hydrogen-bond donors (Lipinski definition) is 1. The lowest BCUT2D eigenvalue weighted by molar-refractivity contribution is 0.0696. The molecule has 130 valence electrons. The van der Waals surface area contributed by atoms with E-state index < -0.39 is 16.0 Å². The number of methoxy groups -OCH3 is 1. The van der Waals surface area contributed by atoms with E-state index in [-0.39, 0.29) is 35.2 Å². The maximum absolute atomic E-state index is 13.0. The third-order valence-corrected chi connectivity index (χ3v) is 6.44. The predicted molar refractivity (Wildman–Crippen MR) is 92.2 cm³/mol. The second-order valence-corrected chi connectivity index (χ2v) is 8.21. The molecule has 0 unspecified atom stereocenters. The molecule has 0 amide bonds. The highest BCUT2D eigenvalue weighted by molar-refractivity contribution is 7.89. The second-order valence-electron chi connectivity index (χ2n) is 4.86. The van der Waals surface area contributed by atoms with Gasteiger partial charge in [-0.05, 0) is 29.6 Å². The zero-order valence-corrected chi connectivity index (χ0v) is 15.2. The van der Waals surface area contributed by atoms with E-state index in [0.717, 1.165) is 10.9 Å². The molecule has 0 fully saturated rings. The number of carboxylic acids is 1. The Morgan fingerprint density at radius 2 is 2.12 bits per heavy atom. The highest BCUT2D eigenvalue weighted by Crippen LogP contribution is 2.27. The summed E-state index contributed by atoms with van der Waals surface area (Å²) in [6.07, 6.45) is 0. The molecule has 2 aromatic rings. The van der Waals surface area contributed by atoms with E-state index in [2.05, 4.69) is 0 Å². The summed E-state index contributed by atoms with van der Waals surface area (Å²) in [7, 11) is -2.49. The van der Waals surface area contributed by atoms with Gasteiger partial charge in [0.25, 0.3) is 0 Å². The van der Waals surface area contributed by atoms with Crippen molar-refractivity contribution < 1.29 is 23.1 Å². The Morgan fingerprint density at radius 3 is 2.71 bits per heavy atom. The fraction of sp³-hybridized carbons (Fsp3) is 0.267. The summed E-state index contributed by atoms with van der Waals surface area (Å²) in [4.78, 5) is 11.8. The van der Waals surface area contributed by atoms with E-state index in [1.165, 1.54) is 34.9 Å². The zero-order chi connectivity index (χ0) is 17.7. The van der Waals surface area contributed by atoms with Gasteiger partial charge in [0.1, 0.15) is 4.90 Å². The quantitative estimate of drug-likeness (QED) is 0.750. The average molecular weight is 390 g/mol. The van der Waals surface area contributed by atoms with Crippen LogP contribution in [0, 0.1) is 0 Å². The van der Waals surface area contributed by atoms with Crippen molar-refractivity contribution in [2.24, 2.45) is 0 Å². The summed E-state index contributed by atoms with van der Waals surface area (Å²) < 4.78 is 32.1. The number of ether oxygens (including phenoxy) is 1. The largest absolute Gasteiger partial charge is 0.478 e. The summed E-state index contributed by atoms with van der Waals surface area (Å²) in [6, 6.07) is 7.28. The van der Waals surface area contributed by atoms with Crippen molar-refractivity contribution in [3.63, 3.8) is 0 Å². The van der Waals surface area contributed by atoms with Gasteiger partial charge in [0.05, 0.1) is 17.2 Å². The first-order valence-corrected chi connectivity index (χ1v) is 9.60. The number of thiophene rings is 1. The first kappa shape index (κ1) is 18.9. The smallest absolute Gasteiger partial charge is 0.335 e. The van der Waals surface area contributed by atoms with E-state index >= 15 is 0 Å². The van der Waals surface area contributed by atoms with E-state index in [4.69, 9.17) is 21.4 Å². The number of nitrogens with zero attached hydrogens (tertiary/aromatic N) is 1. The van der Waals surface area contributed by atoms with Crippen LogP contribution >= 0.6 is 22.9 Å². The van der Waals surface area contributed by atoms with E-state index in [1.54, 1.807) is 0 Å². The molecule has 6 nitrogen and oxygen atoms in total. The van der Waals surface area contributed by atoms with Crippen LogP contribution in [0.5, 0.6) is 0 Å². The molecule has 0 bridgehead atoms. The van der Waals surface area contributed by atoms with Gasteiger partial charge < -0.3 is 9.84 Å². The first-order valence-electron chi connectivity index (χ1n) is 6.90. The van der Waals surface area contributed by atoms with Crippen molar-refractivity contribution in [3.05, 3.63) is 51.2 Å². The van der Waals surface area contributed by atoms with Gasteiger partial charge in [0, 0.05) is 25.1 Å². The average Bonchev–Trinajstić information content (AvgIpc) is 3.04. The number of aromatic carboxylic acids is 1. The van der Waals surface area contributed by atoms with Crippen molar-refractivity contribution in [2.75, 3.05) is 20.3 Å². The minimum atomic E-state index is -3.97. The van der Waals surface area contributed by atoms with Gasteiger partial charge in [-0.3, -0.25) is 0 Å². The molecule has 1 aromatic heterocycles. The monoisotopic (exact) mass is 389 g/mol. The lowest BCUT2D eigenvalue weighted by Crippen LogP contribution is -2.33. The van der Waals surface area contributed by atoms with Crippen molar-refractivity contribution in [3.8, 4) is 0 Å². The lowest BCUT2D eigenvalue weighted by Gasteiger charge is -2.22. The van der Waals surface area contributed by atoms with Crippen LogP contribution in [-0.4, -0.2) is 44.1 Å². The van der Waals surface area contributed by atoms with Crippen LogP contribution in [0.3, 0.4) is 0 Å². The molecule has 0 aliphatic carbocycles. The Labute approximate surface area is 149 Å². The standard InChI is InChI=1S/C15H16ClNO5S2/c1-22-7-6-17(10-12-3-2-8-23-12)24(20,21)14-9-11(15(18)19)4-5-13(14)16/h2-5,8-9H,6-7,10H2,1H3,(H,18,19). The van der Waals surface area contributed by atoms with Gasteiger partial charge in [0.15, 0.2) is 0 Å². The summed E-state index contributed by atoms with van der Waals surface area (Å²) in [6.45, 7) is 0.502. The summed E-state index contributed by atoms with van der Waals surface area (Å²) >= 11 is 7.45. The van der Waals surface area contributed by atoms with Gasteiger partial charge >= 0.3 is 5.97 Å². The Hall–Kier alpha value is -1.45. The van der Waals surface area contributed by atoms with Crippen LogP contribution in [0.1, 0.15) is 15.2 Å². The molecule has 0 saturated heterocycles. The topological polar surface area (TPSA) is 83.9 Å². The van der Waals surface area contributed by atoms with Crippen LogP contribution in [0.4, 0.5) is 0 Å². The fourth-order valence-electron chi connectivity index (χ4n) is 2.03. The summed E-state index contributed by atoms with van der Waals surface area (Å²) in [5.41, 5.74) is -0.138. The Kier molecular flexibility index (Phi) is 6.36. The normalized spacial score (nSPS) is 11.8. The molecule has 2 rings (SSSR count). The molecule has 0 radical (unpaired) electrons. The van der Waals surface area contributed by atoms with Crippen LogP contribution in [0.25, 0.3) is 0 Å². The Bertz CT molecular complexity index is 805. The lowest BCUT2D eigenvalue weighted by atomic mass is 10.2. The maximum atomic E-state index is 13.0. The van der Waals surface area contributed by atoms with Crippen LogP contribution in [-0.2, 0) is 21.3 Å². The van der Waals surface area contributed by atoms with Gasteiger partial charge in [-0.25, -0.2) is 13.2 Å². The molecular formula is C15H16ClNO5S2. The first-order chi connectivity index (χ1) is 11.4. The number of benzene rings is 1. The Balaban J connectivity index is 2.43. The molecule has 1 heterocycles. The highest BCUT2D eigenvalue weighted by atomic mass is 35.5. The van der Waals surface area contributed by atoms with Gasteiger partial charge in [-0.2, -0.15) is 4.31 Å². The van der Waals surface area contributed by atoms with Crippen LogP contribution < -0.4 is 0 Å². The minimum Gasteiger partial charge on any atom is -0.478 e. The molecule has 1 aromatic carbocycles. The van der Waals surface area contributed by atoms with Crippen LogP contribution in [0.2, 0.25) is 5.02 Å². The summed E-state index contributed by atoms with van der Waals surface area (Å²) in [5, 5.41) is 10.9. The number of carbonyl (C=O) groups is 1. The maximum Gasteiger partial charge on any atom is 0.335 e. The molecule has 0 atom stereocenters. The third kappa shape index (κ3) is 4.34. The molecular weight excluding hydrogens is 374 g/mol. The van der Waals surface area contributed by atoms with Gasteiger partial charge in [0.2, 0.25) is 10.0 Å². The second kappa shape index (κ2) is 8.09. The minimum absolute atomic E-state index is 0.0198. The fourth-order valence-corrected chi connectivity index (χ4v) is 4.73. The molecule has 0 aliphatic heterocycles. The number of hydrogen-bond acceptors (Lipinski definition) is 5. The number of sulfonamides is 1. The number of carboxylic acid groups (broad SMARTS) is 1. The van der Waals surface area contributed by atoms with Crippen molar-refractivity contribution in [1.29, 1.82) is 0 Å². The Morgan fingerprint density at radius 1 is 1.38 bits per heavy atom. The van der Waals surface area contributed by atoms with Crippen LogP contribution in [0.15, 0.2) is 40.6 Å². The summed E-state index contributed by atoms with van der Waals surface area (Å²) in [5.74, 6) is -1.22. The van der Waals surface area contributed by atoms with E-state index in [1.807, 2.05) is 17.5 Å². The number of halogens is 1. The molecule has 0 saturated carbocycles. The van der Waals surface area contributed by atoms with Crippen molar-refractivity contribution >= 4 is 38.9 Å². The molecule has 1 N–H and O–H groups in total. The van der Waals surface area contributed by atoms with Gasteiger partial charge in [-0.15, -0.1) is 11.3 Å². The third-order valence-electron chi connectivity index (χ3n) is 3.25. The number of rotatable bonds is 8. The molecule has 0 spiro atoms. The van der Waals surface area contributed by atoms with E-state index in [0.29, 0.717) is 0 Å².